The van der Waals surface area contributed by atoms with Gasteiger partial charge in [-0.2, -0.15) is 0 Å². The highest BCUT2D eigenvalue weighted by Gasteiger charge is 2.17. The van der Waals surface area contributed by atoms with Crippen LogP contribution in [0.25, 0.3) is 0 Å². The maximum absolute atomic E-state index is 11.9. The zero-order valence-corrected chi connectivity index (χ0v) is 12.4. The number of ether oxygens (including phenoxy) is 1. The molecule has 1 unspecified atom stereocenters. The predicted molar refractivity (Wildman–Crippen MR) is 72.5 cm³/mol. The molecular weight excluding hydrogens is 304 g/mol. The number of methoxy groups -OCH3 is 1. The van der Waals surface area contributed by atoms with Gasteiger partial charge in [0.25, 0.3) is 0 Å². The number of hydrogen-bond donors (Lipinski definition) is 0. The van der Waals surface area contributed by atoms with Crippen LogP contribution in [0.2, 0.25) is 0 Å². The van der Waals surface area contributed by atoms with Crippen LogP contribution < -0.4 is 0 Å². The minimum atomic E-state index is -3.15. The summed E-state index contributed by atoms with van der Waals surface area (Å²) in [5, 5.41) is 0. The van der Waals surface area contributed by atoms with E-state index in [-0.39, 0.29) is 10.6 Å². The maximum atomic E-state index is 11.9. The molecule has 0 heterocycles. The van der Waals surface area contributed by atoms with Gasteiger partial charge in [-0.15, -0.1) is 0 Å². The minimum absolute atomic E-state index is 0.126. The SMILES string of the molecule is CCS(=O)(=O)c1ccccc1CC(Br)COC. The van der Waals surface area contributed by atoms with Crippen molar-refractivity contribution in [3.63, 3.8) is 0 Å². The Morgan fingerprint density at radius 2 is 2.00 bits per heavy atom. The molecule has 0 bridgehead atoms. The Labute approximate surface area is 111 Å². The normalized spacial score (nSPS) is 13.6. The molecule has 0 amide bonds. The molecule has 0 saturated heterocycles. The van der Waals surface area contributed by atoms with Gasteiger partial charge in [0, 0.05) is 11.9 Å². The molecule has 0 aliphatic heterocycles. The summed E-state index contributed by atoms with van der Waals surface area (Å²) in [6, 6.07) is 7.13. The Morgan fingerprint density at radius 1 is 1.35 bits per heavy atom. The summed E-state index contributed by atoms with van der Waals surface area (Å²) in [5.74, 6) is 0.126. The first kappa shape index (κ1) is 14.7. The lowest BCUT2D eigenvalue weighted by Gasteiger charge is -2.12. The summed E-state index contributed by atoms with van der Waals surface area (Å²) in [5.41, 5.74) is 0.841. The third kappa shape index (κ3) is 4.08. The van der Waals surface area contributed by atoms with Gasteiger partial charge in [-0.05, 0) is 18.1 Å². The van der Waals surface area contributed by atoms with Crippen molar-refractivity contribution in [1.82, 2.24) is 0 Å². The highest BCUT2D eigenvalue weighted by Crippen LogP contribution is 2.20. The van der Waals surface area contributed by atoms with Crippen LogP contribution in [0, 0.1) is 0 Å². The molecule has 0 spiro atoms. The summed E-state index contributed by atoms with van der Waals surface area (Å²) in [6.07, 6.45) is 0.642. The van der Waals surface area contributed by atoms with Crippen LogP contribution in [0.4, 0.5) is 0 Å². The zero-order valence-electron chi connectivity index (χ0n) is 10.0. The van der Waals surface area contributed by atoms with E-state index in [0.29, 0.717) is 17.9 Å². The van der Waals surface area contributed by atoms with Gasteiger partial charge in [0.15, 0.2) is 9.84 Å². The summed E-state index contributed by atoms with van der Waals surface area (Å²) in [6.45, 7) is 2.22. The van der Waals surface area contributed by atoms with E-state index in [0.717, 1.165) is 5.56 Å². The van der Waals surface area contributed by atoms with Crippen molar-refractivity contribution >= 4 is 25.8 Å². The average molecular weight is 321 g/mol. The van der Waals surface area contributed by atoms with Gasteiger partial charge in [-0.25, -0.2) is 8.42 Å². The smallest absolute Gasteiger partial charge is 0.178 e. The van der Waals surface area contributed by atoms with E-state index < -0.39 is 9.84 Å². The minimum Gasteiger partial charge on any atom is -0.384 e. The monoisotopic (exact) mass is 320 g/mol. The topological polar surface area (TPSA) is 43.4 Å². The van der Waals surface area contributed by atoms with Crippen molar-refractivity contribution < 1.29 is 13.2 Å². The van der Waals surface area contributed by atoms with Gasteiger partial charge < -0.3 is 4.74 Å². The summed E-state index contributed by atoms with van der Waals surface area (Å²) < 4.78 is 28.9. The molecule has 96 valence electrons. The highest BCUT2D eigenvalue weighted by molar-refractivity contribution is 9.09. The van der Waals surface area contributed by atoms with E-state index in [2.05, 4.69) is 15.9 Å². The van der Waals surface area contributed by atoms with Gasteiger partial charge in [-0.3, -0.25) is 0 Å². The molecule has 0 saturated carbocycles. The van der Waals surface area contributed by atoms with E-state index >= 15 is 0 Å². The number of halogens is 1. The molecule has 0 radical (unpaired) electrons. The van der Waals surface area contributed by atoms with Crippen LogP contribution >= 0.6 is 15.9 Å². The van der Waals surface area contributed by atoms with Gasteiger partial charge in [-0.1, -0.05) is 41.1 Å². The largest absolute Gasteiger partial charge is 0.384 e. The molecule has 0 aromatic heterocycles. The average Bonchev–Trinajstić information content (AvgIpc) is 2.30. The standard InChI is InChI=1S/C12H17BrO3S/c1-3-17(14,15)12-7-5-4-6-10(12)8-11(13)9-16-2/h4-7,11H,3,8-9H2,1-2H3. The van der Waals surface area contributed by atoms with E-state index in [1.54, 1.807) is 26.2 Å². The maximum Gasteiger partial charge on any atom is 0.178 e. The second-order valence-corrected chi connectivity index (χ2v) is 7.31. The lowest BCUT2D eigenvalue weighted by Crippen LogP contribution is -2.14. The first-order valence-corrected chi connectivity index (χ1v) is 8.01. The van der Waals surface area contributed by atoms with Crippen LogP contribution in [-0.2, 0) is 21.0 Å². The second-order valence-electron chi connectivity index (χ2n) is 3.77. The third-order valence-electron chi connectivity index (χ3n) is 2.48. The van der Waals surface area contributed by atoms with Crippen molar-refractivity contribution in [1.29, 1.82) is 0 Å². The Bertz CT molecular complexity index is 457. The highest BCUT2D eigenvalue weighted by atomic mass is 79.9. The molecule has 1 aromatic rings. The summed E-state index contributed by atoms with van der Waals surface area (Å²) in [7, 11) is -1.52. The predicted octanol–water partition coefficient (Wildman–Crippen LogP) is 2.43. The number of rotatable bonds is 6. The summed E-state index contributed by atoms with van der Waals surface area (Å²) in [4.78, 5) is 0.559. The molecular formula is C12H17BrO3S. The Morgan fingerprint density at radius 3 is 2.59 bits per heavy atom. The molecule has 17 heavy (non-hydrogen) atoms. The zero-order chi connectivity index (χ0) is 12.9. The van der Waals surface area contributed by atoms with Crippen LogP contribution in [0.15, 0.2) is 29.2 Å². The fourth-order valence-electron chi connectivity index (χ4n) is 1.61. The van der Waals surface area contributed by atoms with Crippen molar-refractivity contribution in [3.05, 3.63) is 29.8 Å². The summed E-state index contributed by atoms with van der Waals surface area (Å²) >= 11 is 3.48. The van der Waals surface area contributed by atoms with Crippen molar-refractivity contribution in [2.24, 2.45) is 0 Å². The molecule has 0 aliphatic carbocycles. The molecule has 1 aromatic carbocycles. The van der Waals surface area contributed by atoms with Crippen molar-refractivity contribution in [2.75, 3.05) is 19.5 Å². The van der Waals surface area contributed by atoms with Crippen molar-refractivity contribution in [2.45, 2.75) is 23.1 Å². The van der Waals surface area contributed by atoms with E-state index in [1.807, 2.05) is 12.1 Å². The van der Waals surface area contributed by atoms with Crippen LogP contribution in [0.1, 0.15) is 12.5 Å². The van der Waals surface area contributed by atoms with Gasteiger partial charge in [0.2, 0.25) is 0 Å². The lowest BCUT2D eigenvalue weighted by molar-refractivity contribution is 0.200. The first-order valence-electron chi connectivity index (χ1n) is 5.45. The molecule has 1 atom stereocenters. The van der Waals surface area contributed by atoms with Crippen LogP contribution in [0.3, 0.4) is 0 Å². The van der Waals surface area contributed by atoms with Crippen LogP contribution in [0.5, 0.6) is 0 Å². The fraction of sp³-hybridized carbons (Fsp3) is 0.500. The van der Waals surface area contributed by atoms with E-state index in [9.17, 15) is 8.42 Å². The first-order chi connectivity index (χ1) is 8.01. The Kier molecular flexibility index (Phi) is 5.62. The number of hydrogen-bond acceptors (Lipinski definition) is 3. The van der Waals surface area contributed by atoms with Gasteiger partial charge in [0.05, 0.1) is 17.3 Å². The van der Waals surface area contributed by atoms with Gasteiger partial charge >= 0.3 is 0 Å². The molecule has 1 rings (SSSR count). The number of sulfone groups is 1. The Hall–Kier alpha value is -0.390. The van der Waals surface area contributed by atoms with E-state index in [4.69, 9.17) is 4.74 Å². The lowest BCUT2D eigenvalue weighted by atomic mass is 10.1. The molecule has 3 nitrogen and oxygen atoms in total. The quantitative estimate of drug-likeness (QED) is 0.756. The molecule has 0 aliphatic rings. The van der Waals surface area contributed by atoms with Gasteiger partial charge in [0.1, 0.15) is 0 Å². The molecule has 0 fully saturated rings. The van der Waals surface area contributed by atoms with Crippen molar-refractivity contribution in [3.8, 4) is 0 Å². The number of benzene rings is 1. The van der Waals surface area contributed by atoms with Crippen LogP contribution in [-0.4, -0.2) is 32.7 Å². The second kappa shape index (κ2) is 6.52. The molecule has 5 heteroatoms. The molecule has 0 N–H and O–H groups in total. The fourth-order valence-corrected chi connectivity index (χ4v) is 3.37. The Balaban J connectivity index is 3.01. The number of alkyl halides is 1. The third-order valence-corrected chi connectivity index (χ3v) is 4.89. The van der Waals surface area contributed by atoms with E-state index in [1.165, 1.54) is 0 Å².